The molecular weight excluding hydrogens is 198 g/mol. The van der Waals surface area contributed by atoms with Crippen LogP contribution in [0.2, 0.25) is 0 Å². The molecular formula is C14H13NO. The maximum absolute atomic E-state index is 11.3. The fourth-order valence-electron chi connectivity index (χ4n) is 1.83. The molecule has 0 saturated carbocycles. The average Bonchev–Trinajstić information content (AvgIpc) is 2.27. The third-order valence-corrected chi connectivity index (χ3v) is 2.69. The summed E-state index contributed by atoms with van der Waals surface area (Å²) in [4.78, 5) is 11.3. The van der Waals surface area contributed by atoms with Gasteiger partial charge in [-0.25, -0.2) is 0 Å². The van der Waals surface area contributed by atoms with Gasteiger partial charge in [0.2, 0.25) is 0 Å². The Morgan fingerprint density at radius 3 is 2.50 bits per heavy atom. The highest BCUT2D eigenvalue weighted by atomic mass is 16.1. The number of fused-ring (bicyclic) bond motifs is 1. The van der Waals surface area contributed by atoms with Gasteiger partial charge in [0.1, 0.15) is 0 Å². The topological polar surface area (TPSA) is 40.9 Å². The van der Waals surface area contributed by atoms with E-state index in [1.165, 1.54) is 0 Å². The number of nitrogens with one attached hydrogen (secondary N) is 1. The Labute approximate surface area is 94.4 Å². The number of carbonyl (C=O) groups is 1. The summed E-state index contributed by atoms with van der Waals surface area (Å²) in [5.74, 6) is 0.0684. The highest BCUT2D eigenvalue weighted by Crippen LogP contribution is 2.21. The van der Waals surface area contributed by atoms with Crippen LogP contribution in [-0.2, 0) is 0 Å². The Hall–Kier alpha value is -1.96. The molecule has 0 amide bonds. The van der Waals surface area contributed by atoms with Crippen molar-refractivity contribution in [3.63, 3.8) is 0 Å². The van der Waals surface area contributed by atoms with Gasteiger partial charge in [-0.3, -0.25) is 4.79 Å². The van der Waals surface area contributed by atoms with Gasteiger partial charge in [0, 0.05) is 16.8 Å². The first-order valence-electron chi connectivity index (χ1n) is 5.19. The van der Waals surface area contributed by atoms with Crippen molar-refractivity contribution in [1.29, 1.82) is 5.41 Å². The molecule has 0 radical (unpaired) electrons. The van der Waals surface area contributed by atoms with E-state index in [4.69, 9.17) is 5.41 Å². The maximum Gasteiger partial charge on any atom is 0.159 e. The number of Topliss-reactive ketones (excluding diaryl/α,β-unsaturated/α-hetero) is 1. The van der Waals surface area contributed by atoms with Crippen LogP contribution in [0.25, 0.3) is 10.8 Å². The third-order valence-electron chi connectivity index (χ3n) is 2.69. The fraction of sp³-hybridized carbons (Fsp3) is 0.143. The van der Waals surface area contributed by atoms with Crippen LogP contribution in [0.3, 0.4) is 0 Å². The number of rotatable bonds is 2. The maximum atomic E-state index is 11.3. The third kappa shape index (κ3) is 1.74. The van der Waals surface area contributed by atoms with Crippen molar-refractivity contribution in [3.8, 4) is 0 Å². The van der Waals surface area contributed by atoms with Crippen LogP contribution in [0.15, 0.2) is 36.4 Å². The summed E-state index contributed by atoms with van der Waals surface area (Å²) in [7, 11) is 0. The molecule has 2 heteroatoms. The minimum Gasteiger partial charge on any atom is -0.305 e. The largest absolute Gasteiger partial charge is 0.305 e. The molecule has 0 aromatic heterocycles. The Bertz CT molecular complexity index is 584. The van der Waals surface area contributed by atoms with E-state index in [1.807, 2.05) is 36.4 Å². The van der Waals surface area contributed by atoms with Crippen LogP contribution in [0.4, 0.5) is 0 Å². The molecule has 2 rings (SSSR count). The predicted molar refractivity (Wildman–Crippen MR) is 66.5 cm³/mol. The highest BCUT2D eigenvalue weighted by Gasteiger charge is 2.05. The van der Waals surface area contributed by atoms with E-state index in [0.717, 1.165) is 16.3 Å². The van der Waals surface area contributed by atoms with Crippen LogP contribution in [0.1, 0.15) is 29.8 Å². The standard InChI is InChI=1S/C14H13NO/c1-9(15)13-5-3-4-12-8-11(10(2)16)6-7-14(12)13/h3-8,15H,1-2H3. The first kappa shape index (κ1) is 10.6. The van der Waals surface area contributed by atoms with Crippen molar-refractivity contribution in [2.45, 2.75) is 13.8 Å². The second-order valence-corrected chi connectivity index (χ2v) is 3.92. The number of hydrogen-bond acceptors (Lipinski definition) is 2. The van der Waals surface area contributed by atoms with Gasteiger partial charge in [0.05, 0.1) is 0 Å². The quantitative estimate of drug-likeness (QED) is 0.600. The highest BCUT2D eigenvalue weighted by molar-refractivity contribution is 6.09. The van der Waals surface area contributed by atoms with Gasteiger partial charge in [-0.05, 0) is 30.7 Å². The van der Waals surface area contributed by atoms with E-state index in [-0.39, 0.29) is 5.78 Å². The van der Waals surface area contributed by atoms with Gasteiger partial charge in [0.25, 0.3) is 0 Å². The summed E-state index contributed by atoms with van der Waals surface area (Å²) < 4.78 is 0. The van der Waals surface area contributed by atoms with Gasteiger partial charge in [0.15, 0.2) is 5.78 Å². The number of carbonyl (C=O) groups excluding carboxylic acids is 1. The minimum absolute atomic E-state index is 0.0684. The van der Waals surface area contributed by atoms with E-state index in [1.54, 1.807) is 13.8 Å². The molecule has 2 aromatic carbocycles. The molecule has 0 saturated heterocycles. The second-order valence-electron chi connectivity index (χ2n) is 3.92. The minimum atomic E-state index is 0.0684. The molecule has 0 fully saturated rings. The summed E-state index contributed by atoms with van der Waals surface area (Å²) in [6.07, 6.45) is 0. The number of ketones is 1. The molecule has 80 valence electrons. The van der Waals surface area contributed by atoms with Crippen LogP contribution in [-0.4, -0.2) is 11.5 Å². The molecule has 0 bridgehead atoms. The van der Waals surface area contributed by atoms with Crippen molar-refractivity contribution < 1.29 is 4.79 Å². The molecule has 0 spiro atoms. The Morgan fingerprint density at radius 1 is 1.12 bits per heavy atom. The molecule has 0 aliphatic heterocycles. The average molecular weight is 211 g/mol. The lowest BCUT2D eigenvalue weighted by molar-refractivity contribution is 0.101. The lowest BCUT2D eigenvalue weighted by atomic mass is 9.99. The number of benzene rings is 2. The SMILES string of the molecule is CC(=N)c1cccc2cc(C(C)=O)ccc12. The van der Waals surface area contributed by atoms with Crippen molar-refractivity contribution >= 4 is 22.3 Å². The van der Waals surface area contributed by atoms with Gasteiger partial charge in [-0.2, -0.15) is 0 Å². The predicted octanol–water partition coefficient (Wildman–Crippen LogP) is 3.43. The Kier molecular flexibility index (Phi) is 2.57. The Morgan fingerprint density at radius 2 is 1.88 bits per heavy atom. The number of hydrogen-bond donors (Lipinski definition) is 1. The second kappa shape index (κ2) is 3.89. The van der Waals surface area contributed by atoms with E-state index < -0.39 is 0 Å². The zero-order valence-corrected chi connectivity index (χ0v) is 9.37. The molecule has 0 aliphatic carbocycles. The first-order chi connectivity index (χ1) is 7.59. The van der Waals surface area contributed by atoms with Crippen LogP contribution >= 0.6 is 0 Å². The molecule has 0 atom stereocenters. The van der Waals surface area contributed by atoms with E-state index in [2.05, 4.69) is 0 Å². The summed E-state index contributed by atoms with van der Waals surface area (Å²) in [5, 5.41) is 9.73. The molecule has 0 aliphatic rings. The molecule has 2 aromatic rings. The molecule has 16 heavy (non-hydrogen) atoms. The van der Waals surface area contributed by atoms with Gasteiger partial charge in [-0.15, -0.1) is 0 Å². The summed E-state index contributed by atoms with van der Waals surface area (Å²) in [5.41, 5.74) is 2.18. The zero-order valence-electron chi connectivity index (χ0n) is 9.37. The molecule has 1 N–H and O–H groups in total. The Balaban J connectivity index is 2.73. The zero-order chi connectivity index (χ0) is 11.7. The van der Waals surface area contributed by atoms with E-state index >= 15 is 0 Å². The molecule has 0 heterocycles. The monoisotopic (exact) mass is 211 g/mol. The first-order valence-corrected chi connectivity index (χ1v) is 5.19. The molecule has 2 nitrogen and oxygen atoms in total. The van der Waals surface area contributed by atoms with Crippen molar-refractivity contribution in [1.82, 2.24) is 0 Å². The van der Waals surface area contributed by atoms with Crippen molar-refractivity contribution in [2.75, 3.05) is 0 Å². The van der Waals surface area contributed by atoms with Gasteiger partial charge < -0.3 is 5.41 Å². The summed E-state index contributed by atoms with van der Waals surface area (Å²) in [6, 6.07) is 11.4. The summed E-state index contributed by atoms with van der Waals surface area (Å²) in [6.45, 7) is 3.33. The van der Waals surface area contributed by atoms with Gasteiger partial charge in [-0.1, -0.05) is 30.3 Å². The molecule has 0 unspecified atom stereocenters. The van der Waals surface area contributed by atoms with Crippen molar-refractivity contribution in [2.24, 2.45) is 0 Å². The van der Waals surface area contributed by atoms with E-state index in [9.17, 15) is 4.79 Å². The fourth-order valence-corrected chi connectivity index (χ4v) is 1.83. The van der Waals surface area contributed by atoms with E-state index in [0.29, 0.717) is 11.3 Å². The smallest absolute Gasteiger partial charge is 0.159 e. The lowest BCUT2D eigenvalue weighted by Crippen LogP contribution is -1.95. The van der Waals surface area contributed by atoms with Crippen LogP contribution < -0.4 is 0 Å². The normalized spacial score (nSPS) is 10.4. The van der Waals surface area contributed by atoms with Crippen LogP contribution in [0.5, 0.6) is 0 Å². The lowest BCUT2D eigenvalue weighted by Gasteiger charge is -2.06. The van der Waals surface area contributed by atoms with Crippen LogP contribution in [0, 0.1) is 5.41 Å². The van der Waals surface area contributed by atoms with Crippen molar-refractivity contribution in [3.05, 3.63) is 47.5 Å². The van der Waals surface area contributed by atoms with Gasteiger partial charge >= 0.3 is 0 Å². The summed E-state index contributed by atoms with van der Waals surface area (Å²) >= 11 is 0.